The highest BCUT2D eigenvalue weighted by molar-refractivity contribution is 7.99. The molecule has 2 rings (SSSR count). The van der Waals surface area contributed by atoms with E-state index in [0.717, 1.165) is 25.1 Å². The van der Waals surface area contributed by atoms with Crippen molar-refractivity contribution < 1.29 is 4.74 Å². The van der Waals surface area contributed by atoms with E-state index in [0.29, 0.717) is 6.10 Å². The van der Waals surface area contributed by atoms with Gasteiger partial charge in [-0.2, -0.15) is 11.8 Å². The Bertz CT molecular complexity index is 200. The van der Waals surface area contributed by atoms with E-state index in [9.17, 15) is 0 Å². The Labute approximate surface area is 110 Å². The van der Waals surface area contributed by atoms with Gasteiger partial charge >= 0.3 is 0 Å². The fourth-order valence-corrected chi connectivity index (χ4v) is 4.39. The molecule has 2 aliphatic rings. The summed E-state index contributed by atoms with van der Waals surface area (Å²) in [6.07, 6.45) is 8.88. The lowest BCUT2D eigenvalue weighted by atomic mass is 10.00. The van der Waals surface area contributed by atoms with Crippen LogP contribution in [0.25, 0.3) is 0 Å². The van der Waals surface area contributed by atoms with Crippen molar-refractivity contribution in [3.05, 3.63) is 0 Å². The lowest BCUT2D eigenvalue weighted by Crippen LogP contribution is -2.37. The molecule has 1 heterocycles. The summed E-state index contributed by atoms with van der Waals surface area (Å²) in [5.74, 6) is 3.42. The van der Waals surface area contributed by atoms with E-state index in [1.807, 2.05) is 0 Å². The number of nitrogens with one attached hydrogen (secondary N) is 1. The summed E-state index contributed by atoms with van der Waals surface area (Å²) in [6, 6.07) is 0.744. The summed E-state index contributed by atoms with van der Waals surface area (Å²) < 4.78 is 5.68. The first-order valence-electron chi connectivity index (χ1n) is 7.33. The molecule has 100 valence electrons. The number of ether oxygens (including phenoxy) is 1. The first kappa shape index (κ1) is 13.7. The van der Waals surface area contributed by atoms with E-state index >= 15 is 0 Å². The molecule has 2 nitrogen and oxygen atoms in total. The highest BCUT2D eigenvalue weighted by Gasteiger charge is 2.24. The van der Waals surface area contributed by atoms with E-state index in [4.69, 9.17) is 4.74 Å². The lowest BCUT2D eigenvalue weighted by molar-refractivity contribution is 0.129. The highest BCUT2D eigenvalue weighted by atomic mass is 32.2. The zero-order valence-corrected chi connectivity index (χ0v) is 11.9. The predicted molar refractivity (Wildman–Crippen MR) is 75.7 cm³/mol. The minimum Gasteiger partial charge on any atom is -0.377 e. The van der Waals surface area contributed by atoms with Gasteiger partial charge in [0, 0.05) is 24.2 Å². The summed E-state index contributed by atoms with van der Waals surface area (Å²) in [4.78, 5) is 0. The summed E-state index contributed by atoms with van der Waals surface area (Å²) in [7, 11) is 0. The standard InChI is InChI=1S/C14H27NOS/c1-2-15-14(12-6-3-4-7-12)11-17-10-13-8-5-9-16-13/h12-15H,2-11H2,1H3. The Hall–Kier alpha value is 0.270. The van der Waals surface area contributed by atoms with Crippen molar-refractivity contribution in [1.29, 1.82) is 0 Å². The molecule has 1 aliphatic heterocycles. The van der Waals surface area contributed by atoms with Gasteiger partial charge in [-0.05, 0) is 38.1 Å². The van der Waals surface area contributed by atoms with Gasteiger partial charge in [-0.1, -0.05) is 19.8 Å². The van der Waals surface area contributed by atoms with Crippen molar-refractivity contribution in [2.45, 2.75) is 57.6 Å². The maximum Gasteiger partial charge on any atom is 0.0666 e. The van der Waals surface area contributed by atoms with Crippen LogP contribution in [0.5, 0.6) is 0 Å². The second kappa shape index (κ2) is 7.65. The molecule has 0 aromatic carbocycles. The van der Waals surface area contributed by atoms with Crippen LogP contribution in [0.3, 0.4) is 0 Å². The van der Waals surface area contributed by atoms with E-state index < -0.39 is 0 Å². The van der Waals surface area contributed by atoms with Gasteiger partial charge in [-0.15, -0.1) is 0 Å². The van der Waals surface area contributed by atoms with Crippen molar-refractivity contribution in [2.75, 3.05) is 24.7 Å². The molecule has 1 saturated heterocycles. The third kappa shape index (κ3) is 4.46. The van der Waals surface area contributed by atoms with Crippen molar-refractivity contribution in [2.24, 2.45) is 5.92 Å². The second-order valence-electron chi connectivity index (χ2n) is 5.38. The summed E-state index contributed by atoms with van der Waals surface area (Å²) >= 11 is 2.10. The van der Waals surface area contributed by atoms with Gasteiger partial charge in [0.15, 0.2) is 0 Å². The molecule has 1 saturated carbocycles. The molecule has 3 heteroatoms. The van der Waals surface area contributed by atoms with Gasteiger partial charge < -0.3 is 10.1 Å². The van der Waals surface area contributed by atoms with E-state index in [1.165, 1.54) is 50.0 Å². The summed E-state index contributed by atoms with van der Waals surface area (Å²) in [5.41, 5.74) is 0. The van der Waals surface area contributed by atoms with Crippen LogP contribution in [0.15, 0.2) is 0 Å². The maximum atomic E-state index is 5.68. The summed E-state index contributed by atoms with van der Waals surface area (Å²) in [5, 5.41) is 3.69. The van der Waals surface area contributed by atoms with Crippen LogP contribution in [0.4, 0.5) is 0 Å². The monoisotopic (exact) mass is 257 g/mol. The second-order valence-corrected chi connectivity index (χ2v) is 6.46. The number of hydrogen-bond donors (Lipinski definition) is 1. The first-order chi connectivity index (χ1) is 8.40. The van der Waals surface area contributed by atoms with Crippen LogP contribution >= 0.6 is 11.8 Å². The molecule has 0 spiro atoms. The molecule has 2 atom stereocenters. The lowest BCUT2D eigenvalue weighted by Gasteiger charge is -2.24. The molecule has 2 unspecified atom stereocenters. The van der Waals surface area contributed by atoms with Crippen molar-refractivity contribution in [3.8, 4) is 0 Å². The van der Waals surface area contributed by atoms with Gasteiger partial charge in [0.1, 0.15) is 0 Å². The average molecular weight is 257 g/mol. The molecule has 17 heavy (non-hydrogen) atoms. The normalized spacial score (nSPS) is 27.7. The van der Waals surface area contributed by atoms with E-state index in [-0.39, 0.29) is 0 Å². The summed E-state index contributed by atoms with van der Waals surface area (Å²) in [6.45, 7) is 4.33. The van der Waals surface area contributed by atoms with Gasteiger partial charge in [-0.25, -0.2) is 0 Å². The molecule has 0 amide bonds. The van der Waals surface area contributed by atoms with Gasteiger partial charge in [-0.3, -0.25) is 0 Å². The van der Waals surface area contributed by atoms with Crippen LogP contribution < -0.4 is 5.32 Å². The fourth-order valence-electron chi connectivity index (χ4n) is 3.09. The van der Waals surface area contributed by atoms with Crippen LogP contribution in [-0.4, -0.2) is 36.8 Å². The molecular formula is C14H27NOS. The predicted octanol–water partition coefficient (Wildman–Crippen LogP) is 3.07. The van der Waals surface area contributed by atoms with Crippen LogP contribution in [0.1, 0.15) is 45.4 Å². The van der Waals surface area contributed by atoms with Crippen molar-refractivity contribution in [1.82, 2.24) is 5.32 Å². The smallest absolute Gasteiger partial charge is 0.0666 e. The molecule has 0 radical (unpaired) electrons. The Balaban J connectivity index is 1.65. The van der Waals surface area contributed by atoms with Crippen molar-refractivity contribution in [3.63, 3.8) is 0 Å². The average Bonchev–Trinajstić information content (AvgIpc) is 3.01. The quantitative estimate of drug-likeness (QED) is 0.757. The third-order valence-corrected chi connectivity index (χ3v) is 5.26. The number of thioether (sulfide) groups is 1. The largest absolute Gasteiger partial charge is 0.377 e. The Morgan fingerprint density at radius 2 is 2.06 bits per heavy atom. The molecule has 1 aliphatic carbocycles. The minimum absolute atomic E-state index is 0.547. The highest BCUT2D eigenvalue weighted by Crippen LogP contribution is 2.29. The van der Waals surface area contributed by atoms with Gasteiger partial charge in [0.2, 0.25) is 0 Å². The van der Waals surface area contributed by atoms with Gasteiger partial charge in [0.25, 0.3) is 0 Å². The van der Waals surface area contributed by atoms with E-state index in [1.54, 1.807) is 0 Å². The number of hydrogen-bond acceptors (Lipinski definition) is 3. The number of rotatable bonds is 7. The fraction of sp³-hybridized carbons (Fsp3) is 1.00. The van der Waals surface area contributed by atoms with E-state index in [2.05, 4.69) is 24.0 Å². The third-order valence-electron chi connectivity index (χ3n) is 4.06. The topological polar surface area (TPSA) is 21.3 Å². The maximum absolute atomic E-state index is 5.68. The first-order valence-corrected chi connectivity index (χ1v) is 8.48. The molecule has 1 N–H and O–H groups in total. The molecule has 0 aromatic heterocycles. The molecular weight excluding hydrogens is 230 g/mol. The van der Waals surface area contributed by atoms with Crippen LogP contribution in [0.2, 0.25) is 0 Å². The van der Waals surface area contributed by atoms with Crippen LogP contribution in [-0.2, 0) is 4.74 Å². The zero-order valence-electron chi connectivity index (χ0n) is 11.1. The minimum atomic E-state index is 0.547. The Morgan fingerprint density at radius 3 is 2.71 bits per heavy atom. The van der Waals surface area contributed by atoms with Crippen molar-refractivity contribution >= 4 is 11.8 Å². The zero-order chi connectivity index (χ0) is 11.9. The van der Waals surface area contributed by atoms with Gasteiger partial charge in [0.05, 0.1) is 6.10 Å². The molecule has 0 aromatic rings. The van der Waals surface area contributed by atoms with Crippen LogP contribution in [0, 0.1) is 5.92 Å². The Kier molecular flexibility index (Phi) is 6.16. The molecule has 0 bridgehead atoms. The SMILES string of the molecule is CCNC(CSCC1CCCO1)C1CCCC1. The Morgan fingerprint density at radius 1 is 1.24 bits per heavy atom. The molecule has 2 fully saturated rings.